The van der Waals surface area contributed by atoms with Crippen molar-refractivity contribution in [2.75, 3.05) is 0 Å². The van der Waals surface area contributed by atoms with Crippen LogP contribution >= 0.6 is 15.9 Å². The van der Waals surface area contributed by atoms with Gasteiger partial charge in [0.15, 0.2) is 0 Å². The zero-order chi connectivity index (χ0) is 10.9. The standard InChI is InChI=1S/C8H6BrF4N/c9-4-1-2-6(10)5(3-4)7(14)8(11,12)13/h1-3,7H,14H2/t7-/m0/s1. The first-order chi connectivity index (χ1) is 6.32. The maximum atomic E-state index is 12.9. The number of halogens is 5. The van der Waals surface area contributed by atoms with Crippen molar-refractivity contribution < 1.29 is 17.6 Å². The normalized spacial score (nSPS) is 14.1. The summed E-state index contributed by atoms with van der Waals surface area (Å²) >= 11 is 2.94. The maximum absolute atomic E-state index is 12.9. The minimum Gasteiger partial charge on any atom is -0.316 e. The number of hydrogen-bond donors (Lipinski definition) is 1. The highest BCUT2D eigenvalue weighted by atomic mass is 79.9. The fourth-order valence-corrected chi connectivity index (χ4v) is 1.31. The molecule has 0 aliphatic heterocycles. The van der Waals surface area contributed by atoms with Crippen molar-refractivity contribution in [2.24, 2.45) is 5.73 Å². The van der Waals surface area contributed by atoms with Crippen LogP contribution in [0.4, 0.5) is 17.6 Å². The number of rotatable bonds is 1. The molecule has 0 aromatic heterocycles. The van der Waals surface area contributed by atoms with E-state index in [9.17, 15) is 17.6 Å². The number of alkyl halides is 3. The van der Waals surface area contributed by atoms with E-state index in [1.807, 2.05) is 0 Å². The average molecular weight is 272 g/mol. The summed E-state index contributed by atoms with van der Waals surface area (Å²) in [5.41, 5.74) is 4.29. The highest BCUT2D eigenvalue weighted by molar-refractivity contribution is 9.10. The van der Waals surface area contributed by atoms with Gasteiger partial charge in [0.05, 0.1) is 0 Å². The van der Waals surface area contributed by atoms with Crippen LogP contribution in [0.15, 0.2) is 22.7 Å². The molecule has 0 unspecified atom stereocenters. The SMILES string of the molecule is N[C@@H](c1cc(Br)ccc1F)C(F)(F)F. The molecule has 0 fully saturated rings. The number of benzene rings is 1. The molecule has 0 spiro atoms. The molecule has 2 N–H and O–H groups in total. The van der Waals surface area contributed by atoms with E-state index in [1.54, 1.807) is 0 Å². The average Bonchev–Trinajstić information content (AvgIpc) is 2.06. The molecular formula is C8H6BrF4N. The molecule has 0 saturated heterocycles. The van der Waals surface area contributed by atoms with E-state index in [1.165, 1.54) is 6.07 Å². The Morgan fingerprint density at radius 2 is 1.86 bits per heavy atom. The Morgan fingerprint density at radius 3 is 2.36 bits per heavy atom. The van der Waals surface area contributed by atoms with Gasteiger partial charge in [-0.3, -0.25) is 0 Å². The smallest absolute Gasteiger partial charge is 0.316 e. The van der Waals surface area contributed by atoms with Gasteiger partial charge in [0, 0.05) is 10.0 Å². The highest BCUT2D eigenvalue weighted by Gasteiger charge is 2.39. The monoisotopic (exact) mass is 271 g/mol. The highest BCUT2D eigenvalue weighted by Crippen LogP contribution is 2.32. The van der Waals surface area contributed by atoms with Gasteiger partial charge in [0.1, 0.15) is 11.9 Å². The van der Waals surface area contributed by atoms with Crippen molar-refractivity contribution in [2.45, 2.75) is 12.2 Å². The summed E-state index contributed by atoms with van der Waals surface area (Å²) in [6.07, 6.45) is -4.64. The Kier molecular flexibility index (Phi) is 3.16. The van der Waals surface area contributed by atoms with Crippen molar-refractivity contribution >= 4 is 15.9 Å². The Labute approximate surface area is 86.0 Å². The third kappa shape index (κ3) is 2.45. The van der Waals surface area contributed by atoms with Crippen LogP contribution in [0.2, 0.25) is 0 Å². The van der Waals surface area contributed by atoms with Gasteiger partial charge < -0.3 is 5.73 Å². The van der Waals surface area contributed by atoms with E-state index in [-0.39, 0.29) is 0 Å². The molecule has 0 heterocycles. The van der Waals surface area contributed by atoms with E-state index in [2.05, 4.69) is 15.9 Å². The van der Waals surface area contributed by atoms with Crippen LogP contribution < -0.4 is 5.73 Å². The lowest BCUT2D eigenvalue weighted by molar-refractivity contribution is -0.149. The molecule has 0 amide bonds. The number of nitrogens with two attached hydrogens (primary N) is 1. The lowest BCUT2D eigenvalue weighted by Crippen LogP contribution is -2.29. The van der Waals surface area contributed by atoms with Crippen LogP contribution in [0, 0.1) is 5.82 Å². The van der Waals surface area contributed by atoms with Crippen LogP contribution in [0.5, 0.6) is 0 Å². The van der Waals surface area contributed by atoms with E-state index in [0.717, 1.165) is 12.1 Å². The fraction of sp³-hybridized carbons (Fsp3) is 0.250. The minimum atomic E-state index is -4.64. The van der Waals surface area contributed by atoms with Crippen molar-refractivity contribution in [1.82, 2.24) is 0 Å². The van der Waals surface area contributed by atoms with Gasteiger partial charge in [-0.2, -0.15) is 13.2 Å². The molecule has 14 heavy (non-hydrogen) atoms. The summed E-state index contributed by atoms with van der Waals surface area (Å²) in [5.74, 6) is -0.960. The van der Waals surface area contributed by atoms with Gasteiger partial charge in [-0.1, -0.05) is 15.9 Å². The quantitative estimate of drug-likeness (QED) is 0.781. The first-order valence-electron chi connectivity index (χ1n) is 3.59. The van der Waals surface area contributed by atoms with Crippen molar-refractivity contribution in [3.8, 4) is 0 Å². The molecule has 6 heteroatoms. The van der Waals surface area contributed by atoms with E-state index in [0.29, 0.717) is 4.47 Å². The molecule has 0 aliphatic rings. The molecule has 78 valence electrons. The van der Waals surface area contributed by atoms with Gasteiger partial charge in [-0.25, -0.2) is 4.39 Å². The first kappa shape index (κ1) is 11.5. The Morgan fingerprint density at radius 1 is 1.29 bits per heavy atom. The third-order valence-corrected chi connectivity index (χ3v) is 2.14. The molecule has 1 aromatic rings. The predicted octanol–water partition coefficient (Wildman–Crippen LogP) is 3.15. The summed E-state index contributed by atoms with van der Waals surface area (Å²) in [6.45, 7) is 0. The topological polar surface area (TPSA) is 26.0 Å². The van der Waals surface area contributed by atoms with Gasteiger partial charge in [0.25, 0.3) is 0 Å². The molecular weight excluding hydrogens is 266 g/mol. The first-order valence-corrected chi connectivity index (χ1v) is 4.39. The fourth-order valence-electron chi connectivity index (χ4n) is 0.929. The Hall–Kier alpha value is -0.620. The van der Waals surface area contributed by atoms with Crippen LogP contribution in [0.3, 0.4) is 0 Å². The summed E-state index contributed by atoms with van der Waals surface area (Å²) in [4.78, 5) is 0. The molecule has 0 aliphatic carbocycles. The third-order valence-electron chi connectivity index (χ3n) is 1.65. The zero-order valence-corrected chi connectivity index (χ0v) is 8.36. The van der Waals surface area contributed by atoms with Gasteiger partial charge in [0.2, 0.25) is 0 Å². The molecule has 1 atom stereocenters. The largest absolute Gasteiger partial charge is 0.407 e. The lowest BCUT2D eigenvalue weighted by Gasteiger charge is -2.16. The predicted molar refractivity (Wildman–Crippen MR) is 47.1 cm³/mol. The van der Waals surface area contributed by atoms with Gasteiger partial charge in [-0.05, 0) is 18.2 Å². The second kappa shape index (κ2) is 3.86. The van der Waals surface area contributed by atoms with Crippen molar-refractivity contribution in [3.63, 3.8) is 0 Å². The van der Waals surface area contributed by atoms with Gasteiger partial charge >= 0.3 is 6.18 Å². The number of hydrogen-bond acceptors (Lipinski definition) is 1. The minimum absolute atomic E-state index is 0.355. The summed E-state index contributed by atoms with van der Waals surface area (Å²) in [5, 5.41) is 0. The lowest BCUT2D eigenvalue weighted by atomic mass is 10.1. The summed E-state index contributed by atoms with van der Waals surface area (Å²) < 4.78 is 49.7. The molecule has 0 radical (unpaired) electrons. The van der Waals surface area contributed by atoms with Gasteiger partial charge in [-0.15, -0.1) is 0 Å². The Balaban J connectivity index is 3.12. The molecule has 1 nitrogen and oxygen atoms in total. The van der Waals surface area contributed by atoms with E-state index < -0.39 is 23.6 Å². The summed E-state index contributed by atoms with van der Waals surface area (Å²) in [7, 11) is 0. The van der Waals surface area contributed by atoms with E-state index in [4.69, 9.17) is 5.73 Å². The second-order valence-corrected chi connectivity index (χ2v) is 3.60. The molecule has 1 rings (SSSR count). The van der Waals surface area contributed by atoms with Crippen LogP contribution in [-0.4, -0.2) is 6.18 Å². The van der Waals surface area contributed by atoms with Crippen molar-refractivity contribution in [3.05, 3.63) is 34.1 Å². The molecule has 0 saturated carbocycles. The van der Waals surface area contributed by atoms with E-state index >= 15 is 0 Å². The van der Waals surface area contributed by atoms with Crippen LogP contribution in [0.1, 0.15) is 11.6 Å². The van der Waals surface area contributed by atoms with Crippen LogP contribution in [-0.2, 0) is 0 Å². The van der Waals surface area contributed by atoms with Crippen LogP contribution in [0.25, 0.3) is 0 Å². The summed E-state index contributed by atoms with van der Waals surface area (Å²) in [6, 6.07) is 0.973. The zero-order valence-electron chi connectivity index (χ0n) is 6.78. The van der Waals surface area contributed by atoms with Crippen molar-refractivity contribution in [1.29, 1.82) is 0 Å². The molecule has 1 aromatic carbocycles. The Bertz CT molecular complexity index is 337. The second-order valence-electron chi connectivity index (χ2n) is 2.69. The molecule has 0 bridgehead atoms. The maximum Gasteiger partial charge on any atom is 0.407 e.